The van der Waals surface area contributed by atoms with Crippen LogP contribution in [0.3, 0.4) is 0 Å². The number of piperazine rings is 1. The van der Waals surface area contributed by atoms with Crippen molar-refractivity contribution in [1.29, 1.82) is 0 Å². The number of ether oxygens (including phenoxy) is 3. The second-order valence-corrected chi connectivity index (χ2v) is 11.6. The average Bonchev–Trinajstić information content (AvgIpc) is 3.00. The summed E-state index contributed by atoms with van der Waals surface area (Å²) in [6, 6.07) is 26.6. The van der Waals surface area contributed by atoms with Crippen LogP contribution in [0.1, 0.15) is 37.5 Å². The number of benzene rings is 3. The van der Waals surface area contributed by atoms with Gasteiger partial charge in [0.15, 0.2) is 0 Å². The maximum Gasteiger partial charge on any atom is 0.410 e. The van der Waals surface area contributed by atoms with Crippen molar-refractivity contribution in [3.8, 4) is 22.9 Å². The van der Waals surface area contributed by atoms with Crippen LogP contribution in [0.2, 0.25) is 0 Å². The highest BCUT2D eigenvalue weighted by molar-refractivity contribution is 5.74. The normalized spacial score (nSPS) is 13.5. The molecule has 1 fully saturated rings. The highest BCUT2D eigenvalue weighted by atomic mass is 19.1. The van der Waals surface area contributed by atoms with E-state index in [0.717, 1.165) is 22.4 Å². The van der Waals surface area contributed by atoms with Crippen LogP contribution >= 0.6 is 0 Å². The van der Waals surface area contributed by atoms with E-state index in [1.54, 1.807) is 23.1 Å². The van der Waals surface area contributed by atoms with Gasteiger partial charge in [-0.2, -0.15) is 4.98 Å². The minimum atomic E-state index is -0.547. The first kappa shape index (κ1) is 29.9. The summed E-state index contributed by atoms with van der Waals surface area (Å²) in [5.41, 5.74) is 4.11. The van der Waals surface area contributed by atoms with Gasteiger partial charge in [0, 0.05) is 49.1 Å². The van der Waals surface area contributed by atoms with E-state index >= 15 is 4.39 Å². The molecule has 0 N–H and O–H groups in total. The Hall–Kier alpha value is -4.59. The minimum absolute atomic E-state index is 0.281. The molecule has 3 aromatic carbocycles. The third-order valence-corrected chi connectivity index (χ3v) is 7.13. The standard InChI is InChI=1S/C35H38FN3O4/c1-25-21-29(30(36)22-31(25)38-17-19-39(20-18-38)34(40)43-35(2,3)4)28-15-16-32(41-23-26-11-7-5-8-12-26)37-33(28)42-24-27-13-9-6-10-14-27/h5-16,21-22H,17-20,23-24H2,1-4H3. The number of anilines is 1. The zero-order chi connectivity index (χ0) is 30.4. The third kappa shape index (κ3) is 7.83. The first-order valence-electron chi connectivity index (χ1n) is 14.5. The summed E-state index contributed by atoms with van der Waals surface area (Å²) >= 11 is 0. The van der Waals surface area contributed by atoms with Crippen LogP contribution in [0.25, 0.3) is 11.1 Å². The number of carbonyl (C=O) groups is 1. The number of rotatable bonds is 8. The average molecular weight is 584 g/mol. The van der Waals surface area contributed by atoms with E-state index in [4.69, 9.17) is 14.2 Å². The molecule has 5 rings (SSSR count). The predicted molar refractivity (Wildman–Crippen MR) is 166 cm³/mol. The first-order chi connectivity index (χ1) is 20.7. The maximum atomic E-state index is 15.8. The van der Waals surface area contributed by atoms with Crippen LogP contribution in [-0.2, 0) is 18.0 Å². The van der Waals surface area contributed by atoms with E-state index in [2.05, 4.69) is 9.88 Å². The van der Waals surface area contributed by atoms with Gasteiger partial charge in [-0.05, 0) is 62.6 Å². The van der Waals surface area contributed by atoms with Crippen molar-refractivity contribution in [2.45, 2.75) is 46.5 Å². The molecule has 4 aromatic rings. The Kier molecular flexibility index (Phi) is 9.14. The fraction of sp³-hybridized carbons (Fsp3) is 0.314. The van der Waals surface area contributed by atoms with Gasteiger partial charge in [0.05, 0.1) is 0 Å². The summed E-state index contributed by atoms with van der Waals surface area (Å²) in [4.78, 5) is 20.9. The molecule has 1 aliphatic heterocycles. The van der Waals surface area contributed by atoms with E-state index < -0.39 is 5.60 Å². The molecule has 7 nitrogen and oxygen atoms in total. The molecule has 8 heteroatoms. The van der Waals surface area contributed by atoms with Crippen LogP contribution < -0.4 is 14.4 Å². The smallest absolute Gasteiger partial charge is 0.410 e. The van der Waals surface area contributed by atoms with E-state index in [-0.39, 0.29) is 18.5 Å². The summed E-state index contributed by atoms with van der Waals surface area (Å²) in [5.74, 6) is 0.318. The van der Waals surface area contributed by atoms with Crippen LogP contribution in [-0.4, -0.2) is 47.8 Å². The highest BCUT2D eigenvalue weighted by Crippen LogP contribution is 2.36. The zero-order valence-corrected chi connectivity index (χ0v) is 25.2. The van der Waals surface area contributed by atoms with Crippen molar-refractivity contribution in [3.63, 3.8) is 0 Å². The van der Waals surface area contributed by atoms with E-state index in [0.29, 0.717) is 55.7 Å². The lowest BCUT2D eigenvalue weighted by Crippen LogP contribution is -2.50. The Morgan fingerprint density at radius 1 is 0.814 bits per heavy atom. The highest BCUT2D eigenvalue weighted by Gasteiger charge is 2.27. The number of hydrogen-bond acceptors (Lipinski definition) is 6. The summed E-state index contributed by atoms with van der Waals surface area (Å²) < 4.78 is 33.5. The summed E-state index contributed by atoms with van der Waals surface area (Å²) in [5, 5.41) is 0. The lowest BCUT2D eigenvalue weighted by molar-refractivity contribution is 0.0240. The van der Waals surface area contributed by atoms with E-state index in [1.165, 1.54) is 0 Å². The van der Waals surface area contributed by atoms with E-state index in [1.807, 2.05) is 94.4 Å². The molecule has 0 unspecified atom stereocenters. The number of carbonyl (C=O) groups excluding carboxylic acids is 1. The third-order valence-electron chi connectivity index (χ3n) is 7.13. The summed E-state index contributed by atoms with van der Waals surface area (Å²) in [6.45, 7) is 10.3. The monoisotopic (exact) mass is 583 g/mol. The van der Waals surface area contributed by atoms with Crippen LogP contribution in [0.15, 0.2) is 84.9 Å². The molecular formula is C35H38FN3O4. The lowest BCUT2D eigenvalue weighted by Gasteiger charge is -2.37. The van der Waals surface area contributed by atoms with Gasteiger partial charge in [-0.1, -0.05) is 60.7 Å². The molecule has 1 amide bonds. The largest absolute Gasteiger partial charge is 0.473 e. The topological polar surface area (TPSA) is 64.1 Å². The molecule has 1 saturated heterocycles. The molecule has 0 spiro atoms. The Bertz CT molecular complexity index is 1530. The summed E-state index contributed by atoms with van der Waals surface area (Å²) in [6.07, 6.45) is -0.322. The van der Waals surface area contributed by atoms with Crippen molar-refractivity contribution < 1.29 is 23.4 Å². The SMILES string of the molecule is Cc1cc(-c2ccc(OCc3ccccc3)nc2OCc2ccccc2)c(F)cc1N1CCN(C(=O)OC(C)(C)C)CC1. The fourth-order valence-corrected chi connectivity index (χ4v) is 4.95. The number of pyridine rings is 1. The number of halogens is 1. The van der Waals surface area contributed by atoms with Crippen LogP contribution in [0.5, 0.6) is 11.8 Å². The second kappa shape index (κ2) is 13.2. The van der Waals surface area contributed by atoms with Crippen LogP contribution in [0.4, 0.5) is 14.9 Å². The minimum Gasteiger partial charge on any atom is -0.473 e. The molecule has 1 aromatic heterocycles. The first-order valence-corrected chi connectivity index (χ1v) is 14.5. The zero-order valence-electron chi connectivity index (χ0n) is 25.2. The summed E-state index contributed by atoms with van der Waals surface area (Å²) in [7, 11) is 0. The molecule has 0 bridgehead atoms. The van der Waals surface area contributed by atoms with Gasteiger partial charge in [-0.25, -0.2) is 9.18 Å². The number of aryl methyl sites for hydroxylation is 1. The second-order valence-electron chi connectivity index (χ2n) is 11.6. The Balaban J connectivity index is 1.36. The molecular weight excluding hydrogens is 545 g/mol. The van der Waals surface area contributed by atoms with Gasteiger partial charge < -0.3 is 24.0 Å². The molecule has 1 aliphatic rings. The molecule has 2 heterocycles. The van der Waals surface area contributed by atoms with Gasteiger partial charge in [-0.3, -0.25) is 0 Å². The molecule has 0 aliphatic carbocycles. The van der Waals surface area contributed by atoms with Crippen molar-refractivity contribution in [3.05, 3.63) is 107 Å². The van der Waals surface area contributed by atoms with Gasteiger partial charge in [0.1, 0.15) is 24.6 Å². The molecule has 0 atom stereocenters. The molecule has 0 radical (unpaired) electrons. The number of nitrogens with zero attached hydrogens (tertiary/aromatic N) is 3. The Labute approximate surface area is 252 Å². The quantitative estimate of drug-likeness (QED) is 0.215. The lowest BCUT2D eigenvalue weighted by atomic mass is 10.0. The van der Waals surface area contributed by atoms with Crippen molar-refractivity contribution in [2.24, 2.45) is 0 Å². The maximum absolute atomic E-state index is 15.8. The van der Waals surface area contributed by atoms with Gasteiger partial charge in [0.2, 0.25) is 11.8 Å². The van der Waals surface area contributed by atoms with Gasteiger partial charge >= 0.3 is 6.09 Å². The number of aromatic nitrogens is 1. The Morgan fingerprint density at radius 3 is 2.02 bits per heavy atom. The van der Waals surface area contributed by atoms with E-state index in [9.17, 15) is 4.79 Å². The van der Waals surface area contributed by atoms with Crippen LogP contribution in [0, 0.1) is 12.7 Å². The Morgan fingerprint density at radius 2 is 1.42 bits per heavy atom. The number of amides is 1. The van der Waals surface area contributed by atoms with Crippen molar-refractivity contribution in [2.75, 3.05) is 31.1 Å². The van der Waals surface area contributed by atoms with Gasteiger partial charge in [-0.15, -0.1) is 0 Å². The molecule has 43 heavy (non-hydrogen) atoms. The molecule has 0 saturated carbocycles. The van der Waals surface area contributed by atoms with Crippen molar-refractivity contribution >= 4 is 11.8 Å². The predicted octanol–water partition coefficient (Wildman–Crippen LogP) is 7.41. The number of hydrogen-bond donors (Lipinski definition) is 0. The van der Waals surface area contributed by atoms with Gasteiger partial charge in [0.25, 0.3) is 0 Å². The molecule has 224 valence electrons. The van der Waals surface area contributed by atoms with Crippen molar-refractivity contribution in [1.82, 2.24) is 9.88 Å². The fourth-order valence-electron chi connectivity index (χ4n) is 4.95.